The van der Waals surface area contributed by atoms with E-state index in [-0.39, 0.29) is 24.7 Å². The van der Waals surface area contributed by atoms with Gasteiger partial charge in [-0.1, -0.05) is 6.92 Å². The fourth-order valence-electron chi connectivity index (χ4n) is 1.26. The van der Waals surface area contributed by atoms with Gasteiger partial charge in [0.05, 0.1) is 0 Å². The standard InChI is InChI=1S/C10H19N3O4/c1-6(5-12-2)9(15)13-7(10(16)17)3-4-8(11)14/h6-7,12H,3-5H2,1-2H3,(H2,11,14)(H,13,15)(H,16,17). The van der Waals surface area contributed by atoms with Crippen LogP contribution >= 0.6 is 0 Å². The summed E-state index contributed by atoms with van der Waals surface area (Å²) in [7, 11) is 1.70. The van der Waals surface area contributed by atoms with Crippen molar-refractivity contribution >= 4 is 17.8 Å². The molecule has 0 spiro atoms. The van der Waals surface area contributed by atoms with E-state index in [0.29, 0.717) is 6.54 Å². The van der Waals surface area contributed by atoms with E-state index in [0.717, 1.165) is 0 Å². The molecule has 7 nitrogen and oxygen atoms in total. The Balaban J connectivity index is 4.29. The molecule has 0 aromatic carbocycles. The molecule has 17 heavy (non-hydrogen) atoms. The molecule has 0 aromatic heterocycles. The van der Waals surface area contributed by atoms with Crippen LogP contribution in [0.5, 0.6) is 0 Å². The maximum atomic E-state index is 11.6. The van der Waals surface area contributed by atoms with Gasteiger partial charge in [0, 0.05) is 18.9 Å². The molecule has 0 saturated heterocycles. The molecule has 0 aliphatic rings. The average Bonchev–Trinajstić information content (AvgIpc) is 2.23. The average molecular weight is 245 g/mol. The molecular formula is C10H19N3O4. The molecule has 7 heteroatoms. The van der Waals surface area contributed by atoms with Gasteiger partial charge < -0.3 is 21.5 Å². The molecule has 0 radical (unpaired) electrons. The lowest BCUT2D eigenvalue weighted by molar-refractivity contribution is -0.142. The molecule has 0 fully saturated rings. The van der Waals surface area contributed by atoms with E-state index < -0.39 is 17.9 Å². The molecule has 5 N–H and O–H groups in total. The van der Waals surface area contributed by atoms with Crippen molar-refractivity contribution in [1.82, 2.24) is 10.6 Å². The molecule has 0 heterocycles. The van der Waals surface area contributed by atoms with Crippen molar-refractivity contribution < 1.29 is 19.5 Å². The monoisotopic (exact) mass is 245 g/mol. The van der Waals surface area contributed by atoms with E-state index >= 15 is 0 Å². The van der Waals surface area contributed by atoms with Crippen LogP contribution in [0.4, 0.5) is 0 Å². The van der Waals surface area contributed by atoms with Gasteiger partial charge >= 0.3 is 5.97 Å². The van der Waals surface area contributed by atoms with Gasteiger partial charge in [-0.15, -0.1) is 0 Å². The van der Waals surface area contributed by atoms with Gasteiger partial charge in [-0.25, -0.2) is 4.79 Å². The highest BCUT2D eigenvalue weighted by Crippen LogP contribution is 2.00. The molecule has 2 unspecified atom stereocenters. The molecular weight excluding hydrogens is 226 g/mol. The number of amides is 2. The van der Waals surface area contributed by atoms with Gasteiger partial charge in [0.15, 0.2) is 0 Å². The fraction of sp³-hybridized carbons (Fsp3) is 0.700. The summed E-state index contributed by atoms with van der Waals surface area (Å²) in [4.78, 5) is 33.0. The first-order valence-electron chi connectivity index (χ1n) is 5.34. The number of nitrogens with two attached hydrogens (primary N) is 1. The zero-order valence-electron chi connectivity index (χ0n) is 10.0. The van der Waals surface area contributed by atoms with Gasteiger partial charge in [0.2, 0.25) is 11.8 Å². The van der Waals surface area contributed by atoms with Crippen LogP contribution in [0.1, 0.15) is 19.8 Å². The number of aliphatic carboxylic acids is 1. The number of carbonyl (C=O) groups excluding carboxylic acids is 2. The molecule has 0 bridgehead atoms. The minimum absolute atomic E-state index is 0.00266. The molecule has 2 atom stereocenters. The van der Waals surface area contributed by atoms with Gasteiger partial charge in [-0.05, 0) is 13.5 Å². The maximum Gasteiger partial charge on any atom is 0.326 e. The Labute approximate surface area is 99.7 Å². The molecule has 0 rings (SSSR count). The van der Waals surface area contributed by atoms with Crippen LogP contribution in [-0.4, -0.2) is 42.5 Å². The first-order chi connectivity index (χ1) is 7.88. The Bertz CT molecular complexity index is 293. The molecule has 0 aliphatic carbocycles. The fourth-order valence-corrected chi connectivity index (χ4v) is 1.26. The quantitative estimate of drug-likeness (QED) is 0.422. The summed E-state index contributed by atoms with van der Waals surface area (Å²) in [6.45, 7) is 2.13. The van der Waals surface area contributed by atoms with Crippen LogP contribution in [0.2, 0.25) is 0 Å². The van der Waals surface area contributed by atoms with Crippen molar-refractivity contribution in [3.63, 3.8) is 0 Å². The highest BCUT2D eigenvalue weighted by Gasteiger charge is 2.22. The van der Waals surface area contributed by atoms with Gasteiger partial charge in [-0.3, -0.25) is 9.59 Å². The molecule has 0 aliphatic heterocycles. The van der Waals surface area contributed by atoms with Crippen molar-refractivity contribution in [2.45, 2.75) is 25.8 Å². The Kier molecular flexibility index (Phi) is 6.88. The number of primary amides is 1. The number of rotatable bonds is 8. The number of carboxylic acid groups (broad SMARTS) is 1. The van der Waals surface area contributed by atoms with Gasteiger partial charge in [0.1, 0.15) is 6.04 Å². The number of nitrogens with one attached hydrogen (secondary N) is 2. The van der Waals surface area contributed by atoms with E-state index in [1.807, 2.05) is 0 Å². The summed E-state index contributed by atoms with van der Waals surface area (Å²) in [5.74, 6) is -2.46. The lowest BCUT2D eigenvalue weighted by atomic mass is 10.1. The number of carbonyl (C=O) groups is 3. The molecule has 0 aromatic rings. The third-order valence-corrected chi connectivity index (χ3v) is 2.25. The van der Waals surface area contributed by atoms with E-state index in [1.54, 1.807) is 14.0 Å². The van der Waals surface area contributed by atoms with E-state index in [9.17, 15) is 14.4 Å². The highest BCUT2D eigenvalue weighted by molar-refractivity contribution is 5.85. The predicted molar refractivity (Wildman–Crippen MR) is 61.1 cm³/mol. The van der Waals surface area contributed by atoms with E-state index in [4.69, 9.17) is 10.8 Å². The number of hydrogen-bond donors (Lipinski definition) is 4. The normalized spacial score (nSPS) is 13.8. The van der Waals surface area contributed by atoms with Gasteiger partial charge in [0.25, 0.3) is 0 Å². The Hall–Kier alpha value is -1.63. The van der Waals surface area contributed by atoms with Crippen LogP contribution in [0.3, 0.4) is 0 Å². The van der Waals surface area contributed by atoms with E-state index in [1.165, 1.54) is 0 Å². The highest BCUT2D eigenvalue weighted by atomic mass is 16.4. The zero-order valence-corrected chi connectivity index (χ0v) is 10.0. The second kappa shape index (κ2) is 7.61. The largest absolute Gasteiger partial charge is 0.480 e. The zero-order chi connectivity index (χ0) is 13.4. The third kappa shape index (κ3) is 6.52. The van der Waals surface area contributed by atoms with Crippen LogP contribution in [0, 0.1) is 5.92 Å². The number of carboxylic acids is 1. The summed E-state index contributed by atoms with van der Waals surface area (Å²) in [6.07, 6.45) is -0.0691. The van der Waals surface area contributed by atoms with Crippen molar-refractivity contribution in [3.05, 3.63) is 0 Å². The first-order valence-corrected chi connectivity index (χ1v) is 5.34. The van der Waals surface area contributed by atoms with Crippen LogP contribution in [-0.2, 0) is 14.4 Å². The lowest BCUT2D eigenvalue weighted by Crippen LogP contribution is -2.45. The third-order valence-electron chi connectivity index (χ3n) is 2.25. The molecule has 0 saturated carbocycles. The summed E-state index contributed by atoms with van der Waals surface area (Å²) >= 11 is 0. The van der Waals surface area contributed by atoms with Crippen LogP contribution in [0.25, 0.3) is 0 Å². The van der Waals surface area contributed by atoms with Crippen molar-refractivity contribution in [1.29, 1.82) is 0 Å². The molecule has 2 amide bonds. The summed E-state index contributed by atoms with van der Waals surface area (Å²) in [6, 6.07) is -1.07. The lowest BCUT2D eigenvalue weighted by Gasteiger charge is -2.17. The van der Waals surface area contributed by atoms with Crippen molar-refractivity contribution in [3.8, 4) is 0 Å². The predicted octanol–water partition coefficient (Wildman–Crippen LogP) is -1.32. The van der Waals surface area contributed by atoms with Crippen LogP contribution < -0.4 is 16.4 Å². The summed E-state index contributed by atoms with van der Waals surface area (Å²) in [5, 5.41) is 14.1. The topological polar surface area (TPSA) is 122 Å². The Morgan fingerprint density at radius 3 is 2.35 bits per heavy atom. The SMILES string of the molecule is CNCC(C)C(=O)NC(CCC(N)=O)C(=O)O. The van der Waals surface area contributed by atoms with E-state index in [2.05, 4.69) is 10.6 Å². The smallest absolute Gasteiger partial charge is 0.326 e. The van der Waals surface area contributed by atoms with Crippen molar-refractivity contribution in [2.75, 3.05) is 13.6 Å². The minimum atomic E-state index is -1.17. The molecule has 98 valence electrons. The second-order valence-corrected chi connectivity index (χ2v) is 3.86. The van der Waals surface area contributed by atoms with Crippen molar-refractivity contribution in [2.24, 2.45) is 11.7 Å². The van der Waals surface area contributed by atoms with Gasteiger partial charge in [-0.2, -0.15) is 0 Å². The summed E-state index contributed by atoms with van der Waals surface area (Å²) < 4.78 is 0. The first kappa shape index (κ1) is 15.4. The second-order valence-electron chi connectivity index (χ2n) is 3.86. The number of hydrogen-bond acceptors (Lipinski definition) is 4. The summed E-state index contributed by atoms with van der Waals surface area (Å²) in [5.41, 5.74) is 4.92. The Morgan fingerprint density at radius 1 is 1.35 bits per heavy atom. The van der Waals surface area contributed by atoms with Crippen LogP contribution in [0.15, 0.2) is 0 Å². The minimum Gasteiger partial charge on any atom is -0.480 e. The Morgan fingerprint density at radius 2 is 1.94 bits per heavy atom. The maximum absolute atomic E-state index is 11.6.